The highest BCUT2D eigenvalue weighted by Crippen LogP contribution is 2.46. The molecule has 0 bridgehead atoms. The summed E-state index contributed by atoms with van der Waals surface area (Å²) < 4.78 is 13.7. The molecule has 3 heteroatoms. The molecule has 10 rings (SSSR count). The predicted molar refractivity (Wildman–Crippen MR) is 209 cm³/mol. The fraction of sp³-hybridized carbons (Fsp3) is 0.0638. The highest BCUT2D eigenvalue weighted by atomic mass is 16.5. The standard InChI is InChI=1S/C47H33BO2/c1-47(2,32-17-7-4-8-18-32)33-25-26-41-39(29-33)48-38-23-13-14-24-40(38)49-42-27-31(28-43(50-41)46(42)48)45-36-21-11-9-19-34(36)44(30-15-5-3-6-16-30)35-20-10-12-22-37(35)45/h3-29H,1-2H3. The number of hydrogen-bond donors (Lipinski definition) is 0. The average Bonchev–Trinajstić information content (AvgIpc) is 3.17. The molecule has 8 aromatic rings. The van der Waals surface area contributed by atoms with Gasteiger partial charge in [-0.3, -0.25) is 0 Å². The second-order valence-electron chi connectivity index (χ2n) is 14.0. The van der Waals surface area contributed by atoms with Crippen molar-refractivity contribution in [3.8, 4) is 45.3 Å². The number of rotatable bonds is 4. The van der Waals surface area contributed by atoms with Gasteiger partial charge in [0.05, 0.1) is 0 Å². The molecule has 0 aliphatic carbocycles. The molecule has 2 aliphatic rings. The minimum atomic E-state index is -0.179. The average molecular weight is 641 g/mol. The van der Waals surface area contributed by atoms with Gasteiger partial charge < -0.3 is 9.47 Å². The number of hydrogen-bond acceptors (Lipinski definition) is 2. The minimum absolute atomic E-state index is 0.0109. The maximum absolute atomic E-state index is 6.91. The molecule has 0 atom stereocenters. The van der Waals surface area contributed by atoms with Crippen LogP contribution in [-0.2, 0) is 5.41 Å². The van der Waals surface area contributed by atoms with E-state index in [4.69, 9.17) is 9.47 Å². The first kappa shape index (κ1) is 28.9. The third-order valence-corrected chi connectivity index (χ3v) is 10.9. The van der Waals surface area contributed by atoms with Gasteiger partial charge >= 0.3 is 0 Å². The van der Waals surface area contributed by atoms with Crippen LogP contribution in [0.4, 0.5) is 0 Å². The summed E-state index contributed by atoms with van der Waals surface area (Å²) in [5.41, 5.74) is 10.5. The molecular weight excluding hydrogens is 607 g/mol. The van der Waals surface area contributed by atoms with Gasteiger partial charge in [-0.1, -0.05) is 153 Å². The molecule has 0 unspecified atom stereocenters. The molecule has 2 heterocycles. The van der Waals surface area contributed by atoms with E-state index >= 15 is 0 Å². The molecular formula is C47H33BO2. The molecule has 8 aromatic carbocycles. The Bertz CT molecular complexity index is 2550. The zero-order valence-electron chi connectivity index (χ0n) is 28.0. The van der Waals surface area contributed by atoms with Crippen molar-refractivity contribution >= 4 is 44.6 Å². The van der Waals surface area contributed by atoms with Gasteiger partial charge in [0.15, 0.2) is 0 Å². The highest BCUT2D eigenvalue weighted by molar-refractivity contribution is 6.98. The van der Waals surface area contributed by atoms with Crippen molar-refractivity contribution in [2.45, 2.75) is 19.3 Å². The summed E-state index contributed by atoms with van der Waals surface area (Å²) in [4.78, 5) is 0. The highest BCUT2D eigenvalue weighted by Gasteiger charge is 2.41. The monoisotopic (exact) mass is 640 g/mol. The Morgan fingerprint density at radius 1 is 0.400 bits per heavy atom. The van der Waals surface area contributed by atoms with Crippen LogP contribution in [0.1, 0.15) is 25.0 Å². The second kappa shape index (κ2) is 11.0. The second-order valence-corrected chi connectivity index (χ2v) is 14.0. The van der Waals surface area contributed by atoms with E-state index < -0.39 is 0 Å². The van der Waals surface area contributed by atoms with Crippen LogP contribution in [0.3, 0.4) is 0 Å². The third-order valence-electron chi connectivity index (χ3n) is 10.9. The van der Waals surface area contributed by atoms with Gasteiger partial charge in [-0.05, 0) is 90.1 Å². The Balaban J connectivity index is 1.21. The number of para-hydroxylation sites is 1. The number of ether oxygens (including phenoxy) is 2. The summed E-state index contributed by atoms with van der Waals surface area (Å²) in [6, 6.07) is 58.8. The normalized spacial score (nSPS) is 12.9. The predicted octanol–water partition coefficient (Wildman–Crippen LogP) is 10.4. The van der Waals surface area contributed by atoms with Gasteiger partial charge in [-0.15, -0.1) is 0 Å². The van der Waals surface area contributed by atoms with Gasteiger partial charge in [-0.2, -0.15) is 0 Å². The lowest BCUT2D eigenvalue weighted by atomic mass is 9.34. The summed E-state index contributed by atoms with van der Waals surface area (Å²) in [7, 11) is 0. The Kier molecular flexibility index (Phi) is 6.35. The quantitative estimate of drug-likeness (QED) is 0.141. The van der Waals surface area contributed by atoms with Crippen LogP contribution in [0.25, 0.3) is 43.8 Å². The van der Waals surface area contributed by atoms with Gasteiger partial charge in [0.25, 0.3) is 6.71 Å². The van der Waals surface area contributed by atoms with Crippen LogP contribution in [0, 0.1) is 0 Å². The Morgan fingerprint density at radius 2 is 0.900 bits per heavy atom. The van der Waals surface area contributed by atoms with E-state index in [1.54, 1.807) is 0 Å². The van der Waals surface area contributed by atoms with Gasteiger partial charge in [0.1, 0.15) is 23.0 Å². The summed E-state index contributed by atoms with van der Waals surface area (Å²) in [5, 5.41) is 4.85. The SMILES string of the molecule is CC(C)(c1ccccc1)c1ccc2c(c1)B1c3ccccc3Oc3cc(-c4c5ccccc5c(-c5ccccc5)c5ccccc45)cc(c31)O2. The first-order valence-electron chi connectivity index (χ1n) is 17.4. The molecule has 0 N–H and O–H groups in total. The molecule has 0 spiro atoms. The van der Waals surface area contributed by atoms with E-state index in [0.717, 1.165) is 39.5 Å². The van der Waals surface area contributed by atoms with Crippen LogP contribution in [0.15, 0.2) is 164 Å². The topological polar surface area (TPSA) is 18.5 Å². The first-order valence-corrected chi connectivity index (χ1v) is 17.4. The molecule has 0 aromatic heterocycles. The maximum Gasteiger partial charge on any atom is 0.260 e. The molecule has 0 saturated heterocycles. The molecule has 0 fully saturated rings. The van der Waals surface area contributed by atoms with Gasteiger partial charge in [0, 0.05) is 10.9 Å². The minimum Gasteiger partial charge on any atom is -0.458 e. The molecule has 0 amide bonds. The van der Waals surface area contributed by atoms with Crippen LogP contribution in [0.2, 0.25) is 0 Å². The summed E-state index contributed by atoms with van der Waals surface area (Å²) >= 11 is 0. The molecule has 2 nitrogen and oxygen atoms in total. The molecule has 50 heavy (non-hydrogen) atoms. The lowest BCUT2D eigenvalue weighted by Gasteiger charge is -2.35. The third kappa shape index (κ3) is 4.30. The molecule has 0 radical (unpaired) electrons. The Hall–Kier alpha value is -6.06. The van der Waals surface area contributed by atoms with Gasteiger partial charge in [0.2, 0.25) is 0 Å². The molecule has 0 saturated carbocycles. The fourth-order valence-corrected chi connectivity index (χ4v) is 8.36. The van der Waals surface area contributed by atoms with Crippen molar-refractivity contribution in [1.82, 2.24) is 0 Å². The molecule has 2 aliphatic heterocycles. The Labute approximate surface area is 292 Å². The first-order chi connectivity index (χ1) is 24.6. The van der Waals surface area contributed by atoms with Crippen LogP contribution < -0.4 is 25.9 Å². The van der Waals surface area contributed by atoms with Crippen molar-refractivity contribution in [2.24, 2.45) is 0 Å². The number of benzene rings is 8. The Morgan fingerprint density at radius 3 is 1.52 bits per heavy atom. The van der Waals surface area contributed by atoms with E-state index in [1.165, 1.54) is 54.8 Å². The number of fused-ring (bicyclic) bond motifs is 6. The fourth-order valence-electron chi connectivity index (χ4n) is 8.36. The van der Waals surface area contributed by atoms with Crippen molar-refractivity contribution in [3.05, 3.63) is 175 Å². The van der Waals surface area contributed by atoms with Crippen LogP contribution in [-0.4, -0.2) is 6.71 Å². The lowest BCUT2D eigenvalue weighted by Crippen LogP contribution is -2.57. The van der Waals surface area contributed by atoms with E-state index in [2.05, 4.69) is 178 Å². The van der Waals surface area contributed by atoms with Crippen LogP contribution >= 0.6 is 0 Å². The van der Waals surface area contributed by atoms with Crippen molar-refractivity contribution in [3.63, 3.8) is 0 Å². The summed E-state index contributed by atoms with van der Waals surface area (Å²) in [5.74, 6) is 3.48. The lowest BCUT2D eigenvalue weighted by molar-refractivity contribution is 0.464. The smallest absolute Gasteiger partial charge is 0.260 e. The van der Waals surface area contributed by atoms with Crippen LogP contribution in [0.5, 0.6) is 23.0 Å². The van der Waals surface area contributed by atoms with Crippen molar-refractivity contribution in [1.29, 1.82) is 0 Å². The summed E-state index contributed by atoms with van der Waals surface area (Å²) in [6.45, 7) is 4.59. The molecule has 236 valence electrons. The van der Waals surface area contributed by atoms with E-state index in [-0.39, 0.29) is 12.1 Å². The van der Waals surface area contributed by atoms with E-state index in [1.807, 2.05) is 0 Å². The zero-order chi connectivity index (χ0) is 33.4. The van der Waals surface area contributed by atoms with E-state index in [9.17, 15) is 0 Å². The zero-order valence-corrected chi connectivity index (χ0v) is 28.0. The summed E-state index contributed by atoms with van der Waals surface area (Å²) in [6.07, 6.45) is 0. The van der Waals surface area contributed by atoms with Crippen molar-refractivity contribution < 1.29 is 9.47 Å². The van der Waals surface area contributed by atoms with Crippen molar-refractivity contribution in [2.75, 3.05) is 0 Å². The maximum atomic E-state index is 6.91. The largest absolute Gasteiger partial charge is 0.458 e. The van der Waals surface area contributed by atoms with Gasteiger partial charge in [-0.25, -0.2) is 0 Å². The van der Waals surface area contributed by atoms with E-state index in [0.29, 0.717) is 0 Å².